The van der Waals surface area contributed by atoms with Gasteiger partial charge in [0.2, 0.25) is 0 Å². The summed E-state index contributed by atoms with van der Waals surface area (Å²) in [5.74, 6) is 0.911. The highest BCUT2D eigenvalue weighted by molar-refractivity contribution is 7.10. The van der Waals surface area contributed by atoms with Crippen LogP contribution in [-0.2, 0) is 13.1 Å². The number of likely N-dealkylation sites (tertiary alicyclic amines) is 1. The maximum Gasteiger partial charge on any atom is 0.191 e. The van der Waals surface area contributed by atoms with Crippen LogP contribution in [0.4, 0.5) is 0 Å². The van der Waals surface area contributed by atoms with Crippen molar-refractivity contribution in [1.82, 2.24) is 15.5 Å². The minimum absolute atomic E-state index is 0.502. The van der Waals surface area contributed by atoms with E-state index in [2.05, 4.69) is 69.2 Å². The van der Waals surface area contributed by atoms with Crippen LogP contribution in [0.3, 0.4) is 0 Å². The highest BCUT2D eigenvalue weighted by atomic mass is 32.1. The second-order valence-electron chi connectivity index (χ2n) is 6.63. The SMILES string of the molecule is CN=C(NCc1sccc1C)NC1CCN(Cc2ccccc2)CC1. The molecule has 2 heterocycles. The molecule has 2 N–H and O–H groups in total. The monoisotopic (exact) mass is 356 g/mol. The summed E-state index contributed by atoms with van der Waals surface area (Å²) >= 11 is 1.80. The third kappa shape index (κ3) is 5.31. The summed E-state index contributed by atoms with van der Waals surface area (Å²) in [5.41, 5.74) is 2.75. The van der Waals surface area contributed by atoms with Gasteiger partial charge in [0.25, 0.3) is 0 Å². The Labute approximate surface area is 155 Å². The van der Waals surface area contributed by atoms with Crippen molar-refractivity contribution in [3.05, 3.63) is 57.8 Å². The minimum Gasteiger partial charge on any atom is -0.354 e. The maximum absolute atomic E-state index is 4.38. The normalized spacial score (nSPS) is 16.8. The predicted molar refractivity (Wildman–Crippen MR) is 107 cm³/mol. The Morgan fingerprint density at radius 1 is 1.20 bits per heavy atom. The molecule has 0 spiro atoms. The quantitative estimate of drug-likeness (QED) is 0.637. The summed E-state index contributed by atoms with van der Waals surface area (Å²) in [4.78, 5) is 8.30. The predicted octanol–water partition coefficient (Wildman–Crippen LogP) is 3.39. The Morgan fingerprint density at radius 3 is 2.60 bits per heavy atom. The summed E-state index contributed by atoms with van der Waals surface area (Å²) in [6.45, 7) is 6.32. The van der Waals surface area contributed by atoms with E-state index in [-0.39, 0.29) is 0 Å². The van der Waals surface area contributed by atoms with E-state index in [9.17, 15) is 0 Å². The largest absolute Gasteiger partial charge is 0.354 e. The minimum atomic E-state index is 0.502. The van der Waals surface area contributed by atoms with Crippen molar-refractivity contribution in [3.8, 4) is 0 Å². The number of thiophene rings is 1. The van der Waals surface area contributed by atoms with Gasteiger partial charge < -0.3 is 10.6 Å². The molecule has 2 aromatic rings. The molecule has 1 aromatic carbocycles. The highest BCUT2D eigenvalue weighted by Gasteiger charge is 2.20. The van der Waals surface area contributed by atoms with Gasteiger partial charge in [0.1, 0.15) is 0 Å². The van der Waals surface area contributed by atoms with E-state index >= 15 is 0 Å². The van der Waals surface area contributed by atoms with Crippen molar-refractivity contribution in [3.63, 3.8) is 0 Å². The molecule has 4 nitrogen and oxygen atoms in total. The number of aliphatic imine (C=N–C) groups is 1. The second-order valence-corrected chi connectivity index (χ2v) is 7.63. The molecule has 0 atom stereocenters. The maximum atomic E-state index is 4.38. The van der Waals surface area contributed by atoms with E-state index < -0.39 is 0 Å². The Hall–Kier alpha value is -1.85. The second kappa shape index (κ2) is 9.02. The van der Waals surface area contributed by atoms with Crippen LogP contribution in [-0.4, -0.2) is 37.0 Å². The molecule has 3 rings (SSSR count). The third-order valence-corrected chi connectivity index (χ3v) is 5.81. The molecule has 1 fully saturated rings. The smallest absolute Gasteiger partial charge is 0.191 e. The number of nitrogens with one attached hydrogen (secondary N) is 2. The molecule has 0 unspecified atom stereocenters. The first-order valence-corrected chi connectivity index (χ1v) is 9.89. The van der Waals surface area contributed by atoms with Crippen molar-refractivity contribution in [1.29, 1.82) is 0 Å². The van der Waals surface area contributed by atoms with E-state index in [1.54, 1.807) is 11.3 Å². The van der Waals surface area contributed by atoms with E-state index in [0.717, 1.165) is 45.0 Å². The van der Waals surface area contributed by atoms with Crippen LogP contribution in [0.15, 0.2) is 46.8 Å². The number of hydrogen-bond acceptors (Lipinski definition) is 3. The zero-order valence-corrected chi connectivity index (χ0v) is 16.0. The number of rotatable bonds is 5. The van der Waals surface area contributed by atoms with Crippen LogP contribution in [0.1, 0.15) is 28.8 Å². The Morgan fingerprint density at radius 2 is 1.96 bits per heavy atom. The van der Waals surface area contributed by atoms with E-state index in [1.165, 1.54) is 16.0 Å². The molecular weight excluding hydrogens is 328 g/mol. The van der Waals surface area contributed by atoms with Crippen LogP contribution in [0.25, 0.3) is 0 Å². The summed E-state index contributed by atoms with van der Waals surface area (Å²) in [6.07, 6.45) is 2.32. The molecule has 1 saturated heterocycles. The molecule has 25 heavy (non-hydrogen) atoms. The van der Waals surface area contributed by atoms with Gasteiger partial charge in [0.05, 0.1) is 6.54 Å². The van der Waals surface area contributed by atoms with E-state index in [1.807, 2.05) is 7.05 Å². The number of nitrogens with zero attached hydrogens (tertiary/aromatic N) is 2. The molecule has 1 aromatic heterocycles. The molecule has 134 valence electrons. The van der Waals surface area contributed by atoms with Crippen molar-refractivity contribution < 1.29 is 0 Å². The van der Waals surface area contributed by atoms with Crippen molar-refractivity contribution in [2.45, 2.75) is 38.9 Å². The molecule has 1 aliphatic rings. The van der Waals surface area contributed by atoms with E-state index in [0.29, 0.717) is 6.04 Å². The molecule has 0 aliphatic carbocycles. The molecular formula is C20H28N4S. The van der Waals surface area contributed by atoms with Crippen molar-refractivity contribution in [2.75, 3.05) is 20.1 Å². The fourth-order valence-electron chi connectivity index (χ4n) is 3.21. The molecule has 5 heteroatoms. The van der Waals surface area contributed by atoms with Gasteiger partial charge in [-0.3, -0.25) is 9.89 Å². The van der Waals surface area contributed by atoms with Gasteiger partial charge in [-0.25, -0.2) is 0 Å². The lowest BCUT2D eigenvalue weighted by molar-refractivity contribution is 0.198. The van der Waals surface area contributed by atoms with Gasteiger partial charge in [0.15, 0.2) is 5.96 Å². The number of benzene rings is 1. The zero-order valence-electron chi connectivity index (χ0n) is 15.2. The average molecular weight is 357 g/mol. The average Bonchev–Trinajstić information content (AvgIpc) is 3.06. The number of aryl methyl sites for hydroxylation is 1. The Bertz CT molecular complexity index is 672. The van der Waals surface area contributed by atoms with Gasteiger partial charge in [0, 0.05) is 37.6 Å². The Balaban J connectivity index is 1.42. The highest BCUT2D eigenvalue weighted by Crippen LogP contribution is 2.15. The standard InChI is InChI=1S/C20H28N4S/c1-16-10-13-25-19(16)14-22-20(21-2)23-18-8-11-24(12-9-18)15-17-6-4-3-5-7-17/h3-7,10,13,18H,8-9,11-12,14-15H2,1-2H3,(H2,21,22,23). The van der Waals surface area contributed by atoms with Gasteiger partial charge >= 0.3 is 0 Å². The molecule has 0 amide bonds. The number of piperidine rings is 1. The van der Waals surface area contributed by atoms with Crippen LogP contribution < -0.4 is 10.6 Å². The Kier molecular flexibility index (Phi) is 6.48. The molecule has 1 aliphatic heterocycles. The first-order chi connectivity index (χ1) is 12.2. The topological polar surface area (TPSA) is 39.7 Å². The first kappa shape index (κ1) is 18.0. The summed E-state index contributed by atoms with van der Waals surface area (Å²) in [6, 6.07) is 13.4. The molecule has 0 radical (unpaired) electrons. The van der Waals surface area contributed by atoms with Crippen LogP contribution in [0, 0.1) is 6.92 Å². The lowest BCUT2D eigenvalue weighted by Gasteiger charge is -2.33. The lowest BCUT2D eigenvalue weighted by Crippen LogP contribution is -2.48. The molecule has 0 bridgehead atoms. The summed E-state index contributed by atoms with van der Waals surface area (Å²) in [5, 5.41) is 9.18. The van der Waals surface area contributed by atoms with Crippen molar-refractivity contribution in [2.24, 2.45) is 4.99 Å². The zero-order chi connectivity index (χ0) is 17.5. The van der Waals surface area contributed by atoms with Crippen LogP contribution in [0.2, 0.25) is 0 Å². The van der Waals surface area contributed by atoms with Crippen molar-refractivity contribution >= 4 is 17.3 Å². The summed E-state index contributed by atoms with van der Waals surface area (Å²) in [7, 11) is 1.85. The van der Waals surface area contributed by atoms with Crippen LogP contribution >= 0.6 is 11.3 Å². The fourth-order valence-corrected chi connectivity index (χ4v) is 4.06. The number of guanidine groups is 1. The van der Waals surface area contributed by atoms with Crippen LogP contribution in [0.5, 0.6) is 0 Å². The van der Waals surface area contributed by atoms with Gasteiger partial charge in [-0.15, -0.1) is 11.3 Å². The lowest BCUT2D eigenvalue weighted by atomic mass is 10.0. The third-order valence-electron chi connectivity index (χ3n) is 4.79. The van der Waals surface area contributed by atoms with Gasteiger partial charge in [-0.1, -0.05) is 30.3 Å². The van der Waals surface area contributed by atoms with Gasteiger partial charge in [-0.05, 0) is 42.3 Å². The molecule has 0 saturated carbocycles. The number of hydrogen-bond donors (Lipinski definition) is 2. The van der Waals surface area contributed by atoms with Gasteiger partial charge in [-0.2, -0.15) is 0 Å². The fraction of sp³-hybridized carbons (Fsp3) is 0.450. The first-order valence-electron chi connectivity index (χ1n) is 9.01. The van der Waals surface area contributed by atoms with E-state index in [4.69, 9.17) is 0 Å². The summed E-state index contributed by atoms with van der Waals surface area (Å²) < 4.78 is 0.